The second-order valence-corrected chi connectivity index (χ2v) is 7.37. The molecule has 6 nitrogen and oxygen atoms in total. The number of carbonyl (C=O) groups excluding carboxylic acids is 3. The van der Waals surface area contributed by atoms with Gasteiger partial charge in [-0.25, -0.2) is 11.6 Å². The van der Waals surface area contributed by atoms with Crippen molar-refractivity contribution < 1.29 is 55.9 Å². The SMILES string of the molecule is CCCCC1=[C-]CC=C1.O=C([O-])c1ccccc1.O=C([O-])c1ccccc1.O=C([O-])c1ccccc1.[Zr+4]. The molecule has 1 aliphatic carbocycles. The van der Waals surface area contributed by atoms with E-state index in [1.807, 2.05) is 0 Å². The fourth-order valence-corrected chi connectivity index (χ4v) is 2.71. The van der Waals surface area contributed by atoms with Crippen molar-refractivity contribution in [2.24, 2.45) is 0 Å². The third kappa shape index (κ3) is 15.9. The Morgan fingerprint density at radius 2 is 1.03 bits per heavy atom. The molecule has 7 heteroatoms. The van der Waals surface area contributed by atoms with E-state index < -0.39 is 17.9 Å². The molecule has 1 aliphatic rings. The van der Waals surface area contributed by atoms with E-state index in [0.29, 0.717) is 0 Å². The zero-order chi connectivity index (χ0) is 26.6. The largest absolute Gasteiger partial charge is 4.00 e. The average molecular weight is 576 g/mol. The molecule has 0 amide bonds. The summed E-state index contributed by atoms with van der Waals surface area (Å²) in [7, 11) is 0. The van der Waals surface area contributed by atoms with Gasteiger partial charge in [-0.3, -0.25) is 6.08 Å². The number of hydrogen-bond donors (Lipinski definition) is 0. The van der Waals surface area contributed by atoms with Crippen molar-refractivity contribution in [1.82, 2.24) is 0 Å². The van der Waals surface area contributed by atoms with Gasteiger partial charge in [0.05, 0.1) is 17.9 Å². The third-order valence-electron chi connectivity index (χ3n) is 4.59. The number of hydrogen-bond acceptors (Lipinski definition) is 6. The molecule has 3 aromatic carbocycles. The van der Waals surface area contributed by atoms with Gasteiger partial charge >= 0.3 is 26.2 Å². The number of benzene rings is 3. The minimum absolute atomic E-state index is 0. The second-order valence-electron chi connectivity index (χ2n) is 7.37. The molecule has 37 heavy (non-hydrogen) atoms. The molecule has 0 saturated carbocycles. The standard InChI is InChI=1S/C9H13.3C7H6O2.Zr/c1-2-3-6-9-7-4-5-8-9;3*8-7(9)6-4-2-1-3-5-6;/h4,7H,2-3,5-6H2,1H3;3*1-5H,(H,8,9);/q-1;;;;+4/p-3. The Balaban J connectivity index is 0.000000463. The molecule has 0 saturated heterocycles. The van der Waals surface area contributed by atoms with Crippen molar-refractivity contribution in [3.63, 3.8) is 0 Å². The zero-order valence-electron chi connectivity index (χ0n) is 20.6. The number of aromatic carboxylic acids is 3. The summed E-state index contributed by atoms with van der Waals surface area (Å²) < 4.78 is 0. The molecule has 0 radical (unpaired) electrons. The molecule has 0 fully saturated rings. The maximum atomic E-state index is 10.1. The van der Waals surface area contributed by atoms with E-state index in [-0.39, 0.29) is 42.9 Å². The van der Waals surface area contributed by atoms with Gasteiger partial charge < -0.3 is 29.7 Å². The maximum absolute atomic E-state index is 10.1. The molecule has 0 N–H and O–H groups in total. The van der Waals surface area contributed by atoms with Crippen LogP contribution in [0.2, 0.25) is 0 Å². The predicted molar refractivity (Wildman–Crippen MR) is 132 cm³/mol. The third-order valence-corrected chi connectivity index (χ3v) is 4.59. The number of rotatable bonds is 6. The molecule has 0 heterocycles. The maximum Gasteiger partial charge on any atom is 4.00 e. The summed E-state index contributed by atoms with van der Waals surface area (Å²) in [6, 6.07) is 24.2. The van der Waals surface area contributed by atoms with Crippen molar-refractivity contribution in [1.29, 1.82) is 0 Å². The van der Waals surface area contributed by atoms with E-state index in [9.17, 15) is 29.7 Å². The fraction of sp³-hybridized carbons (Fsp3) is 0.167. The van der Waals surface area contributed by atoms with Gasteiger partial charge in [0.2, 0.25) is 0 Å². The smallest absolute Gasteiger partial charge is 0.545 e. The van der Waals surface area contributed by atoms with Crippen molar-refractivity contribution in [2.45, 2.75) is 32.6 Å². The van der Waals surface area contributed by atoms with Crippen LogP contribution in [-0.2, 0) is 26.2 Å². The van der Waals surface area contributed by atoms with Gasteiger partial charge in [0, 0.05) is 0 Å². The van der Waals surface area contributed by atoms with Gasteiger partial charge in [0.15, 0.2) is 0 Å². The molecule has 0 spiro atoms. The topological polar surface area (TPSA) is 120 Å². The molecule has 0 aromatic heterocycles. The number of carbonyl (C=O) groups is 3. The molecule has 4 rings (SSSR count). The number of carboxylic acids is 3. The van der Waals surface area contributed by atoms with Crippen molar-refractivity contribution in [3.05, 3.63) is 131 Å². The zero-order valence-corrected chi connectivity index (χ0v) is 23.1. The average Bonchev–Trinajstić information content (AvgIpc) is 3.44. The fourth-order valence-electron chi connectivity index (χ4n) is 2.71. The normalized spacial score (nSPS) is 10.5. The van der Waals surface area contributed by atoms with Crippen LogP contribution >= 0.6 is 0 Å². The Kier molecular flexibility index (Phi) is 18.6. The van der Waals surface area contributed by atoms with E-state index in [1.54, 1.807) is 54.6 Å². The number of unbranched alkanes of at least 4 members (excludes halogenated alkanes) is 1. The van der Waals surface area contributed by atoms with Crippen LogP contribution in [0, 0.1) is 6.08 Å². The molecule has 0 bridgehead atoms. The minimum Gasteiger partial charge on any atom is -0.545 e. The van der Waals surface area contributed by atoms with E-state index in [1.165, 1.54) is 61.2 Å². The number of allylic oxidation sites excluding steroid dienone is 4. The summed E-state index contributed by atoms with van der Waals surface area (Å²) in [6.45, 7) is 2.22. The van der Waals surface area contributed by atoms with Gasteiger partial charge in [0.25, 0.3) is 0 Å². The summed E-state index contributed by atoms with van der Waals surface area (Å²) in [5.74, 6) is -3.39. The first-order valence-electron chi connectivity index (χ1n) is 11.4. The molecule has 0 atom stereocenters. The molecule has 0 aliphatic heterocycles. The van der Waals surface area contributed by atoms with E-state index >= 15 is 0 Å². The Labute approximate surface area is 237 Å². The summed E-state index contributed by atoms with van der Waals surface area (Å²) in [4.78, 5) is 30.3. The quantitative estimate of drug-likeness (QED) is 0.417. The van der Waals surface area contributed by atoms with Crippen LogP contribution in [0.3, 0.4) is 0 Å². The van der Waals surface area contributed by atoms with Crippen LogP contribution in [0.5, 0.6) is 0 Å². The summed E-state index contributed by atoms with van der Waals surface area (Å²) in [6.07, 6.45) is 12.5. The summed E-state index contributed by atoms with van der Waals surface area (Å²) in [5.41, 5.74) is 2.07. The summed E-state index contributed by atoms with van der Waals surface area (Å²) in [5, 5.41) is 30.3. The monoisotopic (exact) mass is 574 g/mol. The Morgan fingerprint density at radius 1 is 0.676 bits per heavy atom. The second kappa shape index (κ2) is 20.6. The van der Waals surface area contributed by atoms with Crippen LogP contribution in [-0.4, -0.2) is 17.9 Å². The molecular weight excluding hydrogens is 548 g/mol. The van der Waals surface area contributed by atoms with Crippen molar-refractivity contribution >= 4 is 17.9 Å². The van der Waals surface area contributed by atoms with E-state index in [4.69, 9.17) is 0 Å². The van der Waals surface area contributed by atoms with Gasteiger partial charge in [-0.05, 0) is 16.7 Å². The minimum atomic E-state index is -1.13. The van der Waals surface area contributed by atoms with Gasteiger partial charge in [0.1, 0.15) is 0 Å². The van der Waals surface area contributed by atoms with Gasteiger partial charge in [-0.15, -0.1) is 6.42 Å². The van der Waals surface area contributed by atoms with Crippen LogP contribution in [0.1, 0.15) is 63.7 Å². The van der Waals surface area contributed by atoms with Crippen LogP contribution in [0.4, 0.5) is 0 Å². The van der Waals surface area contributed by atoms with E-state index in [2.05, 4.69) is 25.2 Å². The van der Waals surface area contributed by atoms with Crippen LogP contribution < -0.4 is 15.3 Å². The summed E-state index contributed by atoms with van der Waals surface area (Å²) >= 11 is 0. The first-order chi connectivity index (χ1) is 17.3. The molecular formula is C30H28O6Zr. The van der Waals surface area contributed by atoms with Crippen LogP contribution in [0.25, 0.3) is 0 Å². The molecule has 0 unspecified atom stereocenters. The van der Waals surface area contributed by atoms with E-state index in [0.717, 1.165) is 6.42 Å². The molecule has 188 valence electrons. The van der Waals surface area contributed by atoms with Gasteiger partial charge in [-0.1, -0.05) is 117 Å². The first kappa shape index (κ1) is 33.4. The van der Waals surface area contributed by atoms with Crippen LogP contribution in [0.15, 0.2) is 109 Å². The predicted octanol–water partition coefficient (Wildman–Crippen LogP) is 3.01. The van der Waals surface area contributed by atoms with Gasteiger partial charge in [-0.2, -0.15) is 6.08 Å². The Morgan fingerprint density at radius 3 is 1.24 bits per heavy atom. The Hall–Kier alpha value is -3.57. The first-order valence-corrected chi connectivity index (χ1v) is 11.4. The van der Waals surface area contributed by atoms with Crippen molar-refractivity contribution in [2.75, 3.05) is 0 Å². The molecule has 3 aromatic rings. The Bertz CT molecular complexity index is 993. The van der Waals surface area contributed by atoms with Crippen molar-refractivity contribution in [3.8, 4) is 0 Å². The number of carboxylic acid groups (broad SMARTS) is 3.